The zero-order valence-electron chi connectivity index (χ0n) is 20.9. The average molecular weight is 474 g/mol. The molecule has 4 aromatic rings. The third kappa shape index (κ3) is 5.16. The molecule has 3 aromatic heterocycles. The normalized spacial score (nSPS) is 12.1. The lowest BCUT2D eigenvalue weighted by Crippen LogP contribution is -2.43. The van der Waals surface area contributed by atoms with Crippen molar-refractivity contribution in [3.8, 4) is 0 Å². The highest BCUT2D eigenvalue weighted by Crippen LogP contribution is 2.25. The van der Waals surface area contributed by atoms with Gasteiger partial charge in [-0.2, -0.15) is 0 Å². The number of ether oxygens (including phenoxy) is 1. The van der Waals surface area contributed by atoms with Gasteiger partial charge in [-0.25, -0.2) is 19.3 Å². The van der Waals surface area contributed by atoms with Crippen molar-refractivity contribution in [2.24, 2.45) is 0 Å². The maximum Gasteiger partial charge on any atom is 0.328 e. The number of nitrogens with zero attached hydrogens (tertiary/aromatic N) is 4. The van der Waals surface area contributed by atoms with Crippen molar-refractivity contribution in [1.82, 2.24) is 24.9 Å². The molecule has 1 aromatic carbocycles. The summed E-state index contributed by atoms with van der Waals surface area (Å²) in [5.74, 6) is -0.641. The summed E-state index contributed by atoms with van der Waals surface area (Å²) in [6, 6.07) is 10.9. The van der Waals surface area contributed by atoms with Crippen LogP contribution in [0.5, 0.6) is 0 Å². The molecular formula is C27H31N5O3. The van der Waals surface area contributed by atoms with Gasteiger partial charge in [-0.05, 0) is 63.8 Å². The third-order valence-corrected chi connectivity index (χ3v) is 6.20. The van der Waals surface area contributed by atoms with E-state index in [1.807, 2.05) is 68.6 Å². The highest BCUT2D eigenvalue weighted by molar-refractivity contribution is 5.93. The van der Waals surface area contributed by atoms with E-state index in [0.717, 1.165) is 44.8 Å². The monoisotopic (exact) mass is 473 g/mol. The van der Waals surface area contributed by atoms with E-state index in [1.54, 1.807) is 6.92 Å². The Morgan fingerprint density at radius 1 is 1.09 bits per heavy atom. The molecule has 0 aliphatic heterocycles. The number of rotatable bonds is 8. The van der Waals surface area contributed by atoms with Gasteiger partial charge >= 0.3 is 5.97 Å². The molecule has 0 aliphatic carbocycles. The first kappa shape index (κ1) is 24.3. The fourth-order valence-corrected chi connectivity index (χ4v) is 4.52. The van der Waals surface area contributed by atoms with Gasteiger partial charge in [-0.3, -0.25) is 4.79 Å². The molecule has 4 rings (SSSR count). The van der Waals surface area contributed by atoms with E-state index in [0.29, 0.717) is 18.5 Å². The third-order valence-electron chi connectivity index (χ3n) is 6.20. The number of fused-ring (bicyclic) bond motifs is 3. The second-order valence-corrected chi connectivity index (χ2v) is 8.84. The Labute approximate surface area is 204 Å². The predicted octanol–water partition coefficient (Wildman–Crippen LogP) is 3.73. The van der Waals surface area contributed by atoms with Crippen LogP contribution >= 0.6 is 0 Å². The van der Waals surface area contributed by atoms with Gasteiger partial charge in [0.2, 0.25) is 5.91 Å². The first-order valence-electron chi connectivity index (χ1n) is 11.9. The summed E-state index contributed by atoms with van der Waals surface area (Å²) in [5, 5.41) is 8.50. The number of aromatic nitrogens is 4. The maximum absolute atomic E-state index is 12.9. The minimum Gasteiger partial charge on any atom is -0.464 e. The number of carbonyl (C=O) groups excluding carboxylic acids is 2. The lowest BCUT2D eigenvalue weighted by molar-refractivity contribution is -0.147. The number of hydrogen-bond acceptors (Lipinski definition) is 6. The lowest BCUT2D eigenvalue weighted by Gasteiger charge is -2.18. The summed E-state index contributed by atoms with van der Waals surface area (Å²) in [7, 11) is 0. The zero-order valence-corrected chi connectivity index (χ0v) is 20.9. The van der Waals surface area contributed by atoms with Gasteiger partial charge in [0, 0.05) is 29.9 Å². The van der Waals surface area contributed by atoms with Gasteiger partial charge < -0.3 is 10.1 Å². The first-order chi connectivity index (χ1) is 16.8. The summed E-state index contributed by atoms with van der Waals surface area (Å²) in [6.45, 7) is 9.94. The smallest absolute Gasteiger partial charge is 0.328 e. The van der Waals surface area contributed by atoms with E-state index < -0.39 is 12.0 Å². The van der Waals surface area contributed by atoms with Crippen molar-refractivity contribution in [2.75, 3.05) is 6.61 Å². The van der Waals surface area contributed by atoms with Crippen molar-refractivity contribution in [3.63, 3.8) is 0 Å². The average Bonchev–Trinajstić information content (AvgIpc) is 3.18. The van der Waals surface area contributed by atoms with Crippen LogP contribution in [-0.4, -0.2) is 44.1 Å². The molecule has 1 N–H and O–H groups in total. The van der Waals surface area contributed by atoms with E-state index >= 15 is 0 Å². The molecule has 3 heterocycles. The summed E-state index contributed by atoms with van der Waals surface area (Å²) >= 11 is 0. The molecule has 0 fully saturated rings. The molecule has 182 valence electrons. The Morgan fingerprint density at radius 3 is 2.54 bits per heavy atom. The first-order valence-corrected chi connectivity index (χ1v) is 11.9. The topological polar surface area (TPSA) is 98.5 Å². The number of nitrogens with one attached hydrogen (secondary N) is 1. The lowest BCUT2D eigenvalue weighted by atomic mass is 10.0. The molecule has 0 aliphatic rings. The summed E-state index contributed by atoms with van der Waals surface area (Å²) in [5.41, 5.74) is 7.16. The number of amides is 1. The molecule has 0 spiro atoms. The van der Waals surface area contributed by atoms with Crippen molar-refractivity contribution < 1.29 is 14.3 Å². The van der Waals surface area contributed by atoms with Crippen LogP contribution in [0.1, 0.15) is 47.1 Å². The molecule has 35 heavy (non-hydrogen) atoms. The number of pyridine rings is 1. The quantitative estimate of drug-likeness (QED) is 0.392. The molecule has 1 amide bonds. The SMILES string of the molecule is CCOC(=O)[C@@H](Cc1ccccc1)NC(=O)CCc1c(C)nc2c3c(C)cc(C)nc3nn2c1C. The molecule has 0 unspecified atom stereocenters. The minimum absolute atomic E-state index is 0.211. The number of carbonyl (C=O) groups is 2. The fourth-order valence-electron chi connectivity index (χ4n) is 4.52. The number of esters is 1. The second kappa shape index (κ2) is 10.2. The maximum atomic E-state index is 12.9. The van der Waals surface area contributed by atoms with Crippen molar-refractivity contribution in [1.29, 1.82) is 0 Å². The van der Waals surface area contributed by atoms with Crippen LogP contribution in [0.4, 0.5) is 0 Å². The van der Waals surface area contributed by atoms with Gasteiger partial charge in [0.05, 0.1) is 12.0 Å². The van der Waals surface area contributed by atoms with Crippen molar-refractivity contribution in [2.45, 2.75) is 59.9 Å². The van der Waals surface area contributed by atoms with Crippen molar-refractivity contribution in [3.05, 3.63) is 70.2 Å². The van der Waals surface area contributed by atoms with Gasteiger partial charge in [-0.1, -0.05) is 30.3 Å². The highest BCUT2D eigenvalue weighted by Gasteiger charge is 2.23. The van der Waals surface area contributed by atoms with E-state index in [4.69, 9.17) is 9.72 Å². The molecule has 0 radical (unpaired) electrons. The largest absolute Gasteiger partial charge is 0.464 e. The van der Waals surface area contributed by atoms with Crippen LogP contribution in [0, 0.1) is 27.7 Å². The molecule has 0 saturated carbocycles. The molecular weight excluding hydrogens is 442 g/mol. The molecule has 0 bridgehead atoms. The number of aryl methyl sites for hydroxylation is 4. The Bertz CT molecular complexity index is 1390. The van der Waals surface area contributed by atoms with Gasteiger partial charge in [0.15, 0.2) is 11.3 Å². The standard InChI is InChI=1S/C27H31N5O3/c1-6-35-27(34)22(15-20-10-8-7-9-11-20)30-23(33)13-12-21-18(4)29-26-24-16(2)14-17(3)28-25(24)31-32(26)19(21)5/h7-11,14,22H,6,12-13,15H2,1-5H3,(H,30,33)/t22-/m1/s1. The molecule has 8 heteroatoms. The summed E-state index contributed by atoms with van der Waals surface area (Å²) in [4.78, 5) is 34.7. The highest BCUT2D eigenvalue weighted by atomic mass is 16.5. The van der Waals surface area contributed by atoms with Crippen LogP contribution in [-0.2, 0) is 27.2 Å². The minimum atomic E-state index is -0.735. The Kier molecular flexibility index (Phi) is 7.10. The number of benzene rings is 1. The zero-order chi connectivity index (χ0) is 25.1. The summed E-state index contributed by atoms with van der Waals surface area (Å²) in [6.07, 6.45) is 1.08. The van der Waals surface area contributed by atoms with Crippen LogP contribution in [0.3, 0.4) is 0 Å². The molecule has 0 saturated heterocycles. The van der Waals surface area contributed by atoms with Crippen LogP contribution < -0.4 is 5.32 Å². The van der Waals surface area contributed by atoms with Gasteiger partial charge in [0.1, 0.15) is 6.04 Å². The van der Waals surface area contributed by atoms with Gasteiger partial charge in [-0.15, -0.1) is 5.10 Å². The fraction of sp³-hybridized carbons (Fsp3) is 0.370. The molecule has 8 nitrogen and oxygen atoms in total. The Hall–Kier alpha value is -3.81. The predicted molar refractivity (Wildman–Crippen MR) is 134 cm³/mol. The molecule has 1 atom stereocenters. The Morgan fingerprint density at radius 2 is 1.83 bits per heavy atom. The van der Waals surface area contributed by atoms with Crippen LogP contribution in [0.25, 0.3) is 16.7 Å². The van der Waals surface area contributed by atoms with Crippen LogP contribution in [0.2, 0.25) is 0 Å². The van der Waals surface area contributed by atoms with Crippen molar-refractivity contribution >= 4 is 28.6 Å². The van der Waals surface area contributed by atoms with Crippen LogP contribution in [0.15, 0.2) is 36.4 Å². The van der Waals surface area contributed by atoms with E-state index in [1.165, 1.54) is 0 Å². The van der Waals surface area contributed by atoms with Gasteiger partial charge in [0.25, 0.3) is 0 Å². The van der Waals surface area contributed by atoms with E-state index in [2.05, 4.69) is 15.4 Å². The van der Waals surface area contributed by atoms with E-state index in [-0.39, 0.29) is 18.9 Å². The summed E-state index contributed by atoms with van der Waals surface area (Å²) < 4.78 is 7.01. The number of hydrogen-bond donors (Lipinski definition) is 1. The second-order valence-electron chi connectivity index (χ2n) is 8.84. The van der Waals surface area contributed by atoms with E-state index in [9.17, 15) is 9.59 Å². The Balaban J connectivity index is 1.53.